The van der Waals surface area contributed by atoms with E-state index in [0.717, 1.165) is 27.8 Å². The van der Waals surface area contributed by atoms with Gasteiger partial charge in [-0.3, -0.25) is 47.2 Å². The summed E-state index contributed by atoms with van der Waals surface area (Å²) >= 11 is 0. The van der Waals surface area contributed by atoms with Crippen LogP contribution in [-0.4, -0.2) is 263 Å². The molecule has 0 fully saturated rings. The lowest BCUT2D eigenvalue weighted by atomic mass is 9.71. The molecular formula is C106H124N10O22. The van der Waals surface area contributed by atoms with Crippen LogP contribution in [0, 0.1) is 10.8 Å². The lowest BCUT2D eigenvalue weighted by molar-refractivity contribution is -0.139. The molecule has 32 heteroatoms. The number of Topliss-reactive ketones (excluding diaryl/α,β-unsaturated/α-hetero) is 4. The molecule has 5 aromatic carbocycles. The number of likely N-dealkylation sites (N-methyl/N-ethyl adjacent to an activating group) is 2. The fraction of sp³-hybridized carbons (Fsp3) is 0.396. The summed E-state index contributed by atoms with van der Waals surface area (Å²) < 4.78 is 61.1. The molecule has 12 rings (SSSR count). The number of ether oxygens (including phenoxy) is 9. The number of carbonyl (C=O) groups excluding carboxylic acids is 8. The van der Waals surface area contributed by atoms with E-state index in [4.69, 9.17) is 77.2 Å². The fourth-order valence-electron chi connectivity index (χ4n) is 16.1. The van der Waals surface area contributed by atoms with E-state index in [2.05, 4.69) is 0 Å². The average molecular weight is 1890 g/mol. The van der Waals surface area contributed by atoms with Crippen molar-refractivity contribution in [3.05, 3.63) is 272 Å². The lowest BCUT2D eigenvalue weighted by Gasteiger charge is -2.33. The molecule has 2 N–H and O–H groups in total. The second kappa shape index (κ2) is 51.0. The van der Waals surface area contributed by atoms with Crippen LogP contribution in [0.25, 0.3) is 33.8 Å². The van der Waals surface area contributed by atoms with E-state index >= 15 is 0 Å². The van der Waals surface area contributed by atoms with Crippen molar-refractivity contribution in [1.82, 2.24) is 48.3 Å². The van der Waals surface area contributed by atoms with Crippen molar-refractivity contribution < 1.29 is 105 Å². The molecule has 730 valence electrons. The third-order valence-corrected chi connectivity index (χ3v) is 24.0. The van der Waals surface area contributed by atoms with Gasteiger partial charge in [0.05, 0.1) is 141 Å². The maximum atomic E-state index is 14.6. The number of carboxylic acid groups (broad SMARTS) is 2. The van der Waals surface area contributed by atoms with Gasteiger partial charge in [0.1, 0.15) is 17.1 Å². The standard InChI is InChI=1S/C53H63N5O12.C53H61N5O10/c1-36-37(2)49(63)47(38(3)48(36)62)53(4,5)34-45(59)56(6)20-21-57(22-25-66-27-29-68-31-30-67-28-26-65-24-19-46(60)61)52(64)70-51-43(33-41-18-13-23-69-41)55-50-42(32-39-14-9-7-10-15-39)54-44(35-58(50)51)40-16-11-8-12-17-40;1-36-37(2)49(63)47(38(3)48(36)62)53(4,5)34-45(59)56(6)23-24-57(25-27-66-29-31-67-30-28-65-26-22-46(60)61)52(64)68-51-43(33-40-18-12-8-13-19-40)55-50-42(32-39-16-10-7-11-17-39)54-44(35-58(50)51)41-20-14-9-15-21-41/h7-18,23,35H,19-22,24-34H2,1-6H3,(H,60,61);7-21,35H,22-34H2,1-6H3,(H,60,61). The summed E-state index contributed by atoms with van der Waals surface area (Å²) in [5.74, 6) is -2.26. The van der Waals surface area contributed by atoms with Crippen LogP contribution in [0.4, 0.5) is 9.59 Å². The summed E-state index contributed by atoms with van der Waals surface area (Å²) in [7, 11) is 3.27. The Morgan fingerprint density at radius 3 is 1.00 bits per heavy atom. The predicted molar refractivity (Wildman–Crippen MR) is 516 cm³/mol. The highest BCUT2D eigenvalue weighted by molar-refractivity contribution is 6.26. The van der Waals surface area contributed by atoms with Crippen LogP contribution >= 0.6 is 0 Å². The van der Waals surface area contributed by atoms with Crippen LogP contribution in [0.15, 0.2) is 231 Å². The van der Waals surface area contributed by atoms with Crippen LogP contribution in [0.5, 0.6) is 11.8 Å². The number of rotatable bonds is 51. The van der Waals surface area contributed by atoms with E-state index in [0.29, 0.717) is 135 Å². The Kier molecular flexibility index (Phi) is 38.8. The number of hydrogen-bond donors (Lipinski definition) is 2. The van der Waals surface area contributed by atoms with Crippen molar-refractivity contribution in [2.75, 3.05) is 146 Å². The predicted octanol–water partition coefficient (Wildman–Crippen LogP) is 14.8. The Bertz CT molecular complexity index is 6030. The average Bonchev–Trinajstić information content (AvgIpc) is 1.63. The Labute approximate surface area is 803 Å². The van der Waals surface area contributed by atoms with Gasteiger partial charge in [0.2, 0.25) is 23.6 Å². The number of nitrogens with zero attached hydrogens (tertiary/aromatic N) is 10. The number of aromatic nitrogens is 6. The van der Waals surface area contributed by atoms with Crippen molar-refractivity contribution in [2.24, 2.45) is 10.8 Å². The highest BCUT2D eigenvalue weighted by atomic mass is 16.6. The number of imidazole rings is 2. The number of allylic oxidation sites excluding steroid dienone is 8. The molecule has 0 saturated carbocycles. The van der Waals surface area contributed by atoms with Crippen LogP contribution < -0.4 is 9.47 Å². The fourth-order valence-corrected chi connectivity index (χ4v) is 16.1. The molecule has 0 bridgehead atoms. The molecule has 10 aromatic rings. The number of furan rings is 1. The molecule has 5 heterocycles. The number of fused-ring (bicyclic) bond motifs is 2. The number of hydrogen-bond acceptors (Lipinski definition) is 24. The second-order valence-corrected chi connectivity index (χ2v) is 35.1. The van der Waals surface area contributed by atoms with Crippen molar-refractivity contribution in [3.63, 3.8) is 0 Å². The molecule has 0 unspecified atom stereocenters. The van der Waals surface area contributed by atoms with E-state index in [1.807, 2.05) is 170 Å². The molecular weight excluding hydrogens is 1770 g/mol. The molecule has 0 atom stereocenters. The van der Waals surface area contributed by atoms with Crippen LogP contribution in [0.2, 0.25) is 0 Å². The molecule has 0 spiro atoms. The number of carboxylic acids is 2. The largest absolute Gasteiger partial charge is 0.481 e. The zero-order valence-electron chi connectivity index (χ0n) is 80.7. The number of carbonyl (C=O) groups is 10. The molecule has 5 aromatic heterocycles. The Balaban J connectivity index is 0.000000265. The number of benzene rings is 5. The van der Waals surface area contributed by atoms with Gasteiger partial charge in [0.15, 0.2) is 34.4 Å². The van der Waals surface area contributed by atoms with Crippen LogP contribution in [-0.2, 0) is 97.2 Å². The van der Waals surface area contributed by atoms with Gasteiger partial charge in [-0.05, 0) is 70.4 Å². The van der Waals surface area contributed by atoms with Crippen molar-refractivity contribution in [3.8, 4) is 34.3 Å². The van der Waals surface area contributed by atoms with Crippen LogP contribution in [0.1, 0.15) is 140 Å². The Morgan fingerprint density at radius 2 is 0.667 bits per heavy atom. The van der Waals surface area contributed by atoms with E-state index in [1.54, 1.807) is 104 Å². The quantitative estimate of drug-likeness (QED) is 0.0264. The Morgan fingerprint density at radius 1 is 0.355 bits per heavy atom. The topological polar surface area (TPSA) is 381 Å². The highest BCUT2D eigenvalue weighted by Gasteiger charge is 2.42. The summed E-state index contributed by atoms with van der Waals surface area (Å²) in [6.45, 7) is 20.6. The lowest BCUT2D eigenvalue weighted by Crippen LogP contribution is -2.43. The van der Waals surface area contributed by atoms with Gasteiger partial charge >= 0.3 is 24.1 Å². The minimum atomic E-state index is -0.956. The van der Waals surface area contributed by atoms with E-state index in [9.17, 15) is 47.9 Å². The molecule has 0 saturated heterocycles. The smallest absolute Gasteiger partial charge is 0.416 e. The minimum absolute atomic E-state index is 0.0482. The molecule has 0 aliphatic heterocycles. The summed E-state index contributed by atoms with van der Waals surface area (Å²) in [4.78, 5) is 158. The number of amides is 4. The summed E-state index contributed by atoms with van der Waals surface area (Å²) in [6.07, 6.45) is 5.06. The molecule has 138 heavy (non-hydrogen) atoms. The van der Waals surface area contributed by atoms with Crippen LogP contribution in [0.3, 0.4) is 0 Å². The third kappa shape index (κ3) is 29.2. The van der Waals surface area contributed by atoms with Gasteiger partial charge in [0.25, 0.3) is 0 Å². The van der Waals surface area contributed by atoms with Gasteiger partial charge in [0, 0.05) is 164 Å². The first kappa shape index (κ1) is 105. The molecule has 2 aliphatic carbocycles. The van der Waals surface area contributed by atoms with Crippen molar-refractivity contribution in [1.29, 1.82) is 0 Å². The normalized spacial score (nSPS) is 13.1. The monoisotopic (exact) mass is 1890 g/mol. The first-order chi connectivity index (χ1) is 66.3. The maximum absolute atomic E-state index is 14.6. The highest BCUT2D eigenvalue weighted by Crippen LogP contribution is 2.42. The zero-order chi connectivity index (χ0) is 99.0. The summed E-state index contributed by atoms with van der Waals surface area (Å²) in [5, 5.41) is 17.5. The second-order valence-electron chi connectivity index (χ2n) is 35.1. The molecule has 0 radical (unpaired) electrons. The van der Waals surface area contributed by atoms with Gasteiger partial charge in [-0.15, -0.1) is 0 Å². The van der Waals surface area contributed by atoms with Crippen molar-refractivity contribution in [2.45, 2.75) is 121 Å². The molecule has 4 amide bonds. The minimum Gasteiger partial charge on any atom is -0.481 e. The summed E-state index contributed by atoms with van der Waals surface area (Å²) in [6, 6.07) is 52.8. The number of ketones is 4. The van der Waals surface area contributed by atoms with Gasteiger partial charge < -0.3 is 76.9 Å². The molecule has 2 aliphatic rings. The van der Waals surface area contributed by atoms with Crippen molar-refractivity contribution >= 4 is 70.4 Å². The maximum Gasteiger partial charge on any atom is 0.416 e. The molecule has 32 nitrogen and oxygen atoms in total. The summed E-state index contributed by atoms with van der Waals surface area (Å²) in [5.41, 5.74) is 10.5. The first-order valence-electron chi connectivity index (χ1n) is 46.2. The van der Waals surface area contributed by atoms with Gasteiger partial charge in [-0.1, -0.05) is 179 Å². The van der Waals surface area contributed by atoms with E-state index in [-0.39, 0.29) is 191 Å². The third-order valence-electron chi connectivity index (χ3n) is 24.0. The van der Waals surface area contributed by atoms with Gasteiger partial charge in [-0.2, -0.15) is 0 Å². The van der Waals surface area contributed by atoms with E-state index < -0.39 is 35.0 Å². The zero-order valence-corrected chi connectivity index (χ0v) is 80.7. The first-order valence-corrected chi connectivity index (χ1v) is 46.2. The van der Waals surface area contributed by atoms with Gasteiger partial charge in [-0.25, -0.2) is 29.5 Å². The SMILES string of the molecule is CC1=C(C)C(=O)C(C(C)(C)CC(=O)N(C)CCN(CCOCCOCCOCCC(=O)O)C(=O)Oc2c(Cc3ccccc3)nc3c(Cc4ccccc4)nc(-c4ccccc4)cn23)=C(C)C1=O.CC1=C(C)C(=O)C(C(C)(C)CC(=O)N(C)CCN(CCOCCOCCOCCOCCC(=O)O)C(=O)Oc2c(Cc3ccco3)nc3c(Cc4ccccc4)nc(-c4ccccc4)cn23)=C(C)C1=O. The number of aliphatic carboxylic acids is 2. The van der Waals surface area contributed by atoms with E-state index in [1.165, 1.54) is 19.6 Å². The Hall–Kier alpha value is -13.6.